The lowest BCUT2D eigenvalue weighted by atomic mass is 10.2. The van der Waals surface area contributed by atoms with Gasteiger partial charge in [-0.1, -0.05) is 6.92 Å². The minimum atomic E-state index is -1.04. The summed E-state index contributed by atoms with van der Waals surface area (Å²) in [6.45, 7) is 2.40. The van der Waals surface area contributed by atoms with E-state index < -0.39 is 11.6 Å². The van der Waals surface area contributed by atoms with Gasteiger partial charge in [-0.05, 0) is 18.6 Å². The second-order valence-corrected chi connectivity index (χ2v) is 4.01. The van der Waals surface area contributed by atoms with Crippen molar-refractivity contribution in [1.82, 2.24) is 5.32 Å². The molecule has 0 spiro atoms. The summed E-state index contributed by atoms with van der Waals surface area (Å²) in [7, 11) is 1.49. The first-order chi connectivity index (χ1) is 8.47. The number of nitrogens with one attached hydrogen (secondary N) is 1. The van der Waals surface area contributed by atoms with Crippen LogP contribution in [0.3, 0.4) is 0 Å². The van der Waals surface area contributed by atoms with Gasteiger partial charge in [0.15, 0.2) is 11.6 Å². The van der Waals surface area contributed by atoms with E-state index in [4.69, 9.17) is 5.73 Å². The molecule has 18 heavy (non-hydrogen) atoms. The fourth-order valence-electron chi connectivity index (χ4n) is 1.56. The molecule has 4 nitrogen and oxygen atoms in total. The number of likely N-dealkylation sites (N-methyl/N-ethyl adjacent to an activating group) is 1. The molecule has 3 N–H and O–H groups in total. The van der Waals surface area contributed by atoms with E-state index in [1.165, 1.54) is 18.0 Å². The third-order valence-corrected chi connectivity index (χ3v) is 2.43. The van der Waals surface area contributed by atoms with Gasteiger partial charge in [0.1, 0.15) is 0 Å². The number of hydrogen-bond donors (Lipinski definition) is 2. The van der Waals surface area contributed by atoms with Crippen molar-refractivity contribution in [3.8, 4) is 0 Å². The van der Waals surface area contributed by atoms with E-state index in [1.54, 1.807) is 0 Å². The molecule has 0 saturated heterocycles. The predicted octanol–water partition coefficient (Wildman–Crippen LogP) is 1.51. The Hall–Kier alpha value is -1.85. The fraction of sp³-hybridized carbons (Fsp3) is 0.417. The van der Waals surface area contributed by atoms with Gasteiger partial charge in [-0.15, -0.1) is 0 Å². The minimum Gasteiger partial charge on any atom is -0.397 e. The predicted molar refractivity (Wildman–Crippen MR) is 67.3 cm³/mol. The highest BCUT2D eigenvalue weighted by Crippen LogP contribution is 2.27. The van der Waals surface area contributed by atoms with E-state index in [0.29, 0.717) is 6.54 Å². The van der Waals surface area contributed by atoms with Gasteiger partial charge in [0.25, 0.3) is 0 Å². The van der Waals surface area contributed by atoms with Crippen molar-refractivity contribution in [1.29, 1.82) is 0 Å². The number of rotatable bonds is 5. The molecule has 0 aliphatic carbocycles. The van der Waals surface area contributed by atoms with Crippen LogP contribution < -0.4 is 16.0 Å². The number of amides is 1. The molecular weight excluding hydrogens is 240 g/mol. The lowest BCUT2D eigenvalue weighted by Crippen LogP contribution is -2.36. The van der Waals surface area contributed by atoms with Gasteiger partial charge in [0.05, 0.1) is 17.9 Å². The SMILES string of the molecule is CCCNC(=O)CN(C)c1c(N)ccc(F)c1F. The summed E-state index contributed by atoms with van der Waals surface area (Å²) in [5.41, 5.74) is 5.59. The number of halogens is 2. The zero-order valence-electron chi connectivity index (χ0n) is 10.5. The first-order valence-electron chi connectivity index (χ1n) is 5.68. The topological polar surface area (TPSA) is 58.4 Å². The van der Waals surface area contributed by atoms with Gasteiger partial charge >= 0.3 is 0 Å². The van der Waals surface area contributed by atoms with Gasteiger partial charge < -0.3 is 16.0 Å². The zero-order valence-corrected chi connectivity index (χ0v) is 10.5. The largest absolute Gasteiger partial charge is 0.397 e. The summed E-state index contributed by atoms with van der Waals surface area (Å²) in [5.74, 6) is -2.29. The zero-order chi connectivity index (χ0) is 13.7. The molecule has 100 valence electrons. The van der Waals surface area contributed by atoms with Crippen LogP contribution in [0, 0.1) is 11.6 Å². The number of nitrogens with zero attached hydrogens (tertiary/aromatic N) is 1. The van der Waals surface area contributed by atoms with E-state index in [2.05, 4.69) is 5.32 Å². The fourth-order valence-corrected chi connectivity index (χ4v) is 1.56. The molecule has 0 aromatic heterocycles. The summed E-state index contributed by atoms with van der Waals surface area (Å²) in [6.07, 6.45) is 0.811. The van der Waals surface area contributed by atoms with Gasteiger partial charge in [-0.3, -0.25) is 4.79 Å². The highest BCUT2D eigenvalue weighted by molar-refractivity contribution is 5.83. The maximum absolute atomic E-state index is 13.6. The second-order valence-electron chi connectivity index (χ2n) is 4.01. The van der Waals surface area contributed by atoms with Crippen LogP contribution in [0.2, 0.25) is 0 Å². The van der Waals surface area contributed by atoms with E-state index in [-0.39, 0.29) is 23.8 Å². The molecule has 1 rings (SSSR count). The van der Waals surface area contributed by atoms with Crippen LogP contribution in [0.4, 0.5) is 20.2 Å². The summed E-state index contributed by atoms with van der Waals surface area (Å²) in [6, 6.07) is 2.23. The van der Waals surface area contributed by atoms with E-state index in [9.17, 15) is 13.6 Å². The van der Waals surface area contributed by atoms with Crippen LogP contribution in [0.25, 0.3) is 0 Å². The lowest BCUT2D eigenvalue weighted by Gasteiger charge is -2.21. The van der Waals surface area contributed by atoms with E-state index in [1.807, 2.05) is 6.92 Å². The molecule has 0 atom stereocenters. The van der Waals surface area contributed by atoms with Crippen LogP contribution >= 0.6 is 0 Å². The maximum Gasteiger partial charge on any atom is 0.239 e. The number of nitrogen functional groups attached to an aromatic ring is 1. The van der Waals surface area contributed by atoms with Crippen molar-refractivity contribution in [2.24, 2.45) is 0 Å². The molecule has 1 aromatic rings. The maximum atomic E-state index is 13.6. The minimum absolute atomic E-state index is 0.0788. The Morgan fingerprint density at radius 3 is 2.72 bits per heavy atom. The van der Waals surface area contributed by atoms with Crippen molar-refractivity contribution in [2.45, 2.75) is 13.3 Å². The number of anilines is 2. The number of carbonyl (C=O) groups is 1. The highest BCUT2D eigenvalue weighted by atomic mass is 19.2. The van der Waals surface area contributed by atoms with Crippen molar-refractivity contribution < 1.29 is 13.6 Å². The molecule has 0 aliphatic heterocycles. The molecule has 0 heterocycles. The first-order valence-corrected chi connectivity index (χ1v) is 5.68. The first kappa shape index (κ1) is 14.2. The molecule has 1 amide bonds. The molecule has 0 radical (unpaired) electrons. The molecule has 0 bridgehead atoms. The number of benzene rings is 1. The van der Waals surface area contributed by atoms with Crippen molar-refractivity contribution in [2.75, 3.05) is 30.8 Å². The van der Waals surface area contributed by atoms with Crippen molar-refractivity contribution >= 4 is 17.3 Å². The third-order valence-electron chi connectivity index (χ3n) is 2.43. The Labute approximate surface area is 105 Å². The standard InChI is InChI=1S/C12H17F2N3O/c1-3-6-16-10(18)7-17(2)12-9(15)5-4-8(13)11(12)14/h4-5H,3,6-7,15H2,1-2H3,(H,16,18). The Bertz CT molecular complexity index is 438. The Morgan fingerprint density at radius 2 is 2.11 bits per heavy atom. The van der Waals surface area contributed by atoms with Crippen LogP contribution in [0.15, 0.2) is 12.1 Å². The summed E-state index contributed by atoms with van der Waals surface area (Å²) in [5, 5.41) is 2.65. The second kappa shape index (κ2) is 6.18. The lowest BCUT2D eigenvalue weighted by molar-refractivity contribution is -0.119. The van der Waals surface area contributed by atoms with Gasteiger partial charge in [0, 0.05) is 13.6 Å². The number of nitrogens with two attached hydrogens (primary N) is 1. The summed E-state index contributed by atoms with van der Waals surface area (Å²) >= 11 is 0. The van der Waals surface area contributed by atoms with Crippen LogP contribution in [0.1, 0.15) is 13.3 Å². The smallest absolute Gasteiger partial charge is 0.239 e. The summed E-state index contributed by atoms with van der Waals surface area (Å²) < 4.78 is 26.7. The van der Waals surface area contributed by atoms with E-state index in [0.717, 1.165) is 12.5 Å². The molecule has 0 unspecified atom stereocenters. The van der Waals surface area contributed by atoms with Gasteiger partial charge in [-0.2, -0.15) is 0 Å². The Balaban J connectivity index is 2.81. The normalized spacial score (nSPS) is 10.2. The highest BCUT2D eigenvalue weighted by Gasteiger charge is 2.17. The average Bonchev–Trinajstić information content (AvgIpc) is 2.31. The third kappa shape index (κ3) is 3.32. The quantitative estimate of drug-likeness (QED) is 0.786. The van der Waals surface area contributed by atoms with Gasteiger partial charge in [-0.25, -0.2) is 8.78 Å². The number of carbonyl (C=O) groups excluding carboxylic acids is 1. The molecule has 0 saturated carbocycles. The molecule has 1 aromatic carbocycles. The summed E-state index contributed by atoms with van der Waals surface area (Å²) in [4.78, 5) is 12.8. The van der Waals surface area contributed by atoms with E-state index >= 15 is 0 Å². The van der Waals surface area contributed by atoms with Crippen LogP contribution in [0.5, 0.6) is 0 Å². The monoisotopic (exact) mass is 257 g/mol. The van der Waals surface area contributed by atoms with Crippen LogP contribution in [-0.2, 0) is 4.79 Å². The molecule has 0 fully saturated rings. The Morgan fingerprint density at radius 1 is 1.44 bits per heavy atom. The number of hydrogen-bond acceptors (Lipinski definition) is 3. The van der Waals surface area contributed by atoms with Crippen molar-refractivity contribution in [3.05, 3.63) is 23.8 Å². The van der Waals surface area contributed by atoms with Crippen LogP contribution in [-0.4, -0.2) is 26.0 Å². The van der Waals surface area contributed by atoms with Gasteiger partial charge in [0.2, 0.25) is 5.91 Å². The average molecular weight is 257 g/mol. The molecule has 6 heteroatoms. The van der Waals surface area contributed by atoms with Crippen molar-refractivity contribution in [3.63, 3.8) is 0 Å². The Kier molecular flexibility index (Phi) is 4.88. The molecular formula is C12H17F2N3O. The molecule has 0 aliphatic rings.